The molecule has 4 N–H and O–H groups in total. The number of carbonyl (C=O) groups excluding carboxylic acids is 3. The molecule has 2 aromatic rings. The predicted molar refractivity (Wildman–Crippen MR) is 144 cm³/mol. The lowest BCUT2D eigenvalue weighted by atomic mass is 9.83. The van der Waals surface area contributed by atoms with E-state index in [1.54, 1.807) is 36.4 Å². The van der Waals surface area contributed by atoms with Gasteiger partial charge in [-0.25, -0.2) is 4.99 Å². The van der Waals surface area contributed by atoms with Gasteiger partial charge in [0.2, 0.25) is 18.0 Å². The number of nitrogens with one attached hydrogen (secondary N) is 2. The number of fused-ring (bicyclic) bond motifs is 1. The second-order valence-corrected chi connectivity index (χ2v) is 10.7. The first-order valence-corrected chi connectivity index (χ1v) is 13.6. The predicted octanol–water partition coefficient (Wildman–Crippen LogP) is 5.17. The standard InChI is InChI=1S/C29H30F6N4O4/c1-15-4-2-5-16(14-15)22-20-6-3-7-21(43-17-8-9-17)23(20)38-27(42)25(37-22)39-26(41)19(11-13-29(33,34)35)18(24(36)40)10-12-28(30,31)32/h2-7,14,17-19,25H,8-13H2,1H3,(H2,36,40)(H,38,42)(H,39,41)/t18-,19+,25?/m0/s1. The summed E-state index contributed by atoms with van der Waals surface area (Å²) >= 11 is 0. The summed E-state index contributed by atoms with van der Waals surface area (Å²) in [6.07, 6.45) is -14.8. The van der Waals surface area contributed by atoms with Gasteiger partial charge in [-0.05, 0) is 44.7 Å². The first-order valence-electron chi connectivity index (χ1n) is 13.6. The number of aliphatic imine (C=N–C) groups is 1. The number of halogens is 6. The molecule has 0 aromatic heterocycles. The van der Waals surface area contributed by atoms with Crippen LogP contribution >= 0.6 is 0 Å². The van der Waals surface area contributed by atoms with E-state index in [1.807, 2.05) is 13.0 Å². The molecule has 1 unspecified atom stereocenters. The molecule has 1 saturated carbocycles. The molecule has 43 heavy (non-hydrogen) atoms. The third-order valence-electron chi connectivity index (χ3n) is 7.09. The molecule has 2 aromatic carbocycles. The summed E-state index contributed by atoms with van der Waals surface area (Å²) < 4.78 is 84.2. The minimum absolute atomic E-state index is 0.0432. The Balaban J connectivity index is 1.71. The van der Waals surface area contributed by atoms with Gasteiger partial charge in [-0.15, -0.1) is 0 Å². The van der Waals surface area contributed by atoms with E-state index in [1.165, 1.54) is 0 Å². The highest BCUT2D eigenvalue weighted by Gasteiger charge is 2.41. The second kappa shape index (κ2) is 12.6. The number of anilines is 1. The largest absolute Gasteiger partial charge is 0.488 e. The number of alkyl halides is 6. The lowest BCUT2D eigenvalue weighted by molar-refractivity contribution is -0.152. The number of nitrogens with zero attached hydrogens (tertiary/aromatic N) is 1. The molecule has 14 heteroatoms. The Labute approximate surface area is 243 Å². The van der Waals surface area contributed by atoms with E-state index in [-0.39, 0.29) is 17.5 Å². The van der Waals surface area contributed by atoms with Crippen LogP contribution in [0.5, 0.6) is 5.75 Å². The summed E-state index contributed by atoms with van der Waals surface area (Å²) in [6.45, 7) is 1.83. The van der Waals surface area contributed by atoms with E-state index in [0.717, 1.165) is 18.4 Å². The van der Waals surface area contributed by atoms with Crippen molar-refractivity contribution in [3.8, 4) is 5.75 Å². The van der Waals surface area contributed by atoms with Crippen LogP contribution in [0.1, 0.15) is 55.2 Å². The normalized spacial score (nSPS) is 18.4. The smallest absolute Gasteiger partial charge is 0.389 e. The van der Waals surface area contributed by atoms with Gasteiger partial charge in [0.25, 0.3) is 5.91 Å². The summed E-state index contributed by atoms with van der Waals surface area (Å²) in [4.78, 5) is 43.4. The van der Waals surface area contributed by atoms with Gasteiger partial charge in [-0.2, -0.15) is 26.3 Å². The molecule has 8 nitrogen and oxygen atoms in total. The number of carbonyl (C=O) groups is 3. The number of benzodiazepines with no additional fused rings is 1. The summed E-state index contributed by atoms with van der Waals surface area (Å²) in [5.74, 6) is -6.94. The lowest BCUT2D eigenvalue weighted by Gasteiger charge is -2.26. The molecule has 0 radical (unpaired) electrons. The lowest BCUT2D eigenvalue weighted by Crippen LogP contribution is -2.48. The van der Waals surface area contributed by atoms with Crippen LogP contribution in [0.15, 0.2) is 47.5 Å². The van der Waals surface area contributed by atoms with Gasteiger partial charge in [-0.1, -0.05) is 35.9 Å². The van der Waals surface area contributed by atoms with E-state index in [2.05, 4.69) is 15.6 Å². The van der Waals surface area contributed by atoms with Crippen molar-refractivity contribution in [3.63, 3.8) is 0 Å². The van der Waals surface area contributed by atoms with Gasteiger partial charge in [-0.3, -0.25) is 14.4 Å². The van der Waals surface area contributed by atoms with Crippen molar-refractivity contribution in [3.05, 3.63) is 59.2 Å². The van der Waals surface area contributed by atoms with E-state index in [0.29, 0.717) is 16.9 Å². The highest BCUT2D eigenvalue weighted by Crippen LogP contribution is 2.37. The number of amides is 3. The number of aryl methyl sites for hydroxylation is 1. The molecule has 232 valence electrons. The van der Waals surface area contributed by atoms with Crippen LogP contribution in [-0.4, -0.2) is 48.1 Å². The minimum atomic E-state index is -4.78. The summed E-state index contributed by atoms with van der Waals surface area (Å²) in [5, 5.41) is 4.94. The van der Waals surface area contributed by atoms with Crippen LogP contribution < -0.4 is 21.1 Å². The molecular weight excluding hydrogens is 582 g/mol. The van der Waals surface area contributed by atoms with Gasteiger partial charge in [0.1, 0.15) is 5.75 Å². The van der Waals surface area contributed by atoms with Crippen molar-refractivity contribution in [2.75, 3.05) is 5.32 Å². The molecule has 4 rings (SSSR count). The third-order valence-corrected chi connectivity index (χ3v) is 7.09. The van der Waals surface area contributed by atoms with Crippen LogP contribution in [-0.2, 0) is 14.4 Å². The van der Waals surface area contributed by atoms with Gasteiger partial charge in [0.05, 0.1) is 17.5 Å². The maximum atomic E-state index is 13.4. The molecule has 0 saturated heterocycles. The van der Waals surface area contributed by atoms with Gasteiger partial charge >= 0.3 is 12.4 Å². The maximum absolute atomic E-state index is 13.4. The molecule has 1 heterocycles. The Bertz CT molecular complexity index is 1400. The number of para-hydroxylation sites is 1. The van der Waals surface area contributed by atoms with Gasteiger partial charge in [0, 0.05) is 35.8 Å². The molecule has 0 bridgehead atoms. The van der Waals surface area contributed by atoms with E-state index >= 15 is 0 Å². The fourth-order valence-corrected chi connectivity index (χ4v) is 4.83. The van der Waals surface area contributed by atoms with Gasteiger partial charge < -0.3 is 21.1 Å². The SMILES string of the molecule is Cc1cccc(C2=NC(NC(=O)[C@H](CCC(F)(F)F)[C@H](CCC(F)(F)F)C(N)=O)C(=O)Nc3c(OC4CC4)cccc32)c1. The second-order valence-electron chi connectivity index (χ2n) is 10.7. The molecule has 1 aliphatic heterocycles. The Hall–Kier alpha value is -4.10. The zero-order valence-electron chi connectivity index (χ0n) is 23.0. The van der Waals surface area contributed by atoms with Crippen LogP contribution in [0, 0.1) is 18.8 Å². The number of ether oxygens (including phenoxy) is 1. The Kier molecular flexibility index (Phi) is 9.35. The zero-order valence-corrected chi connectivity index (χ0v) is 23.0. The van der Waals surface area contributed by atoms with Crippen molar-refractivity contribution in [1.29, 1.82) is 0 Å². The minimum Gasteiger partial charge on any atom is -0.488 e. The molecule has 1 fully saturated rings. The molecule has 2 aliphatic rings. The van der Waals surface area contributed by atoms with Gasteiger partial charge in [0.15, 0.2) is 0 Å². The first kappa shape index (κ1) is 31.8. The molecule has 3 amide bonds. The topological polar surface area (TPSA) is 123 Å². The molecular formula is C29H30F6N4O4. The van der Waals surface area contributed by atoms with Crippen LogP contribution in [0.3, 0.4) is 0 Å². The number of benzene rings is 2. The van der Waals surface area contributed by atoms with Crippen molar-refractivity contribution in [1.82, 2.24) is 5.32 Å². The summed E-state index contributed by atoms with van der Waals surface area (Å²) in [6, 6.07) is 12.1. The number of nitrogens with two attached hydrogens (primary N) is 1. The summed E-state index contributed by atoms with van der Waals surface area (Å²) in [7, 11) is 0. The Morgan fingerprint density at radius 2 is 1.65 bits per heavy atom. The summed E-state index contributed by atoms with van der Waals surface area (Å²) in [5.41, 5.74) is 7.63. The third kappa shape index (κ3) is 8.71. The fraction of sp³-hybridized carbons (Fsp3) is 0.448. The highest BCUT2D eigenvalue weighted by atomic mass is 19.4. The average molecular weight is 613 g/mol. The van der Waals surface area contributed by atoms with Crippen molar-refractivity contribution < 1.29 is 45.5 Å². The molecule has 3 atom stereocenters. The fourth-order valence-electron chi connectivity index (χ4n) is 4.83. The zero-order chi connectivity index (χ0) is 31.5. The van der Waals surface area contributed by atoms with Crippen LogP contribution in [0.25, 0.3) is 0 Å². The van der Waals surface area contributed by atoms with Crippen LogP contribution in [0.2, 0.25) is 0 Å². The van der Waals surface area contributed by atoms with Crippen molar-refractivity contribution in [2.24, 2.45) is 22.6 Å². The van der Waals surface area contributed by atoms with E-state index in [9.17, 15) is 40.7 Å². The maximum Gasteiger partial charge on any atom is 0.389 e. The highest BCUT2D eigenvalue weighted by molar-refractivity contribution is 6.20. The molecule has 1 aliphatic carbocycles. The molecule has 0 spiro atoms. The van der Waals surface area contributed by atoms with E-state index < -0.39 is 73.8 Å². The number of hydrogen-bond donors (Lipinski definition) is 3. The Morgan fingerprint density at radius 3 is 2.23 bits per heavy atom. The first-order chi connectivity index (χ1) is 20.1. The monoisotopic (exact) mass is 612 g/mol. The number of hydrogen-bond acceptors (Lipinski definition) is 5. The van der Waals surface area contributed by atoms with E-state index in [4.69, 9.17) is 10.5 Å². The average Bonchev–Trinajstić information content (AvgIpc) is 3.72. The quantitative estimate of drug-likeness (QED) is 0.303. The number of primary amides is 1. The van der Waals surface area contributed by atoms with Crippen molar-refractivity contribution in [2.45, 2.75) is 70.1 Å². The number of rotatable bonds is 11. The Morgan fingerprint density at radius 1 is 1.02 bits per heavy atom. The van der Waals surface area contributed by atoms with Crippen LogP contribution in [0.4, 0.5) is 32.0 Å². The van der Waals surface area contributed by atoms with Crippen molar-refractivity contribution >= 4 is 29.1 Å².